The molecule has 1 amide bonds. The Balaban J connectivity index is 1.10. The van der Waals surface area contributed by atoms with E-state index < -0.39 is 15.7 Å². The lowest BCUT2D eigenvalue weighted by molar-refractivity contribution is 0.0552. The van der Waals surface area contributed by atoms with Gasteiger partial charge in [0.15, 0.2) is 0 Å². The van der Waals surface area contributed by atoms with Crippen molar-refractivity contribution in [1.82, 2.24) is 9.80 Å². The normalized spacial score (nSPS) is 17.6. The van der Waals surface area contributed by atoms with Gasteiger partial charge in [-0.2, -0.15) is 0 Å². The molecule has 212 valence electrons. The summed E-state index contributed by atoms with van der Waals surface area (Å²) < 4.78 is 44.7. The summed E-state index contributed by atoms with van der Waals surface area (Å²) in [7, 11) is -2.02. The van der Waals surface area contributed by atoms with Gasteiger partial charge in [0, 0.05) is 24.8 Å². The third-order valence-electron chi connectivity index (χ3n) is 8.29. The van der Waals surface area contributed by atoms with Crippen LogP contribution in [0.5, 0.6) is 5.75 Å². The molecule has 0 saturated carbocycles. The molecule has 0 bridgehead atoms. The van der Waals surface area contributed by atoms with Crippen LogP contribution in [-0.4, -0.2) is 63.5 Å². The Hall–Kier alpha value is -3.43. The Morgan fingerprint density at radius 3 is 2.10 bits per heavy atom. The van der Waals surface area contributed by atoms with E-state index >= 15 is 0 Å². The maximum Gasteiger partial charge on any atom is 0.256 e. The van der Waals surface area contributed by atoms with E-state index in [2.05, 4.69) is 4.90 Å². The Morgan fingerprint density at radius 2 is 1.50 bits per heavy atom. The van der Waals surface area contributed by atoms with Crippen LogP contribution >= 0.6 is 0 Å². The number of carbonyl (C=O) groups is 1. The molecular formula is C31H36FN3O4S. The minimum Gasteiger partial charge on any atom is -0.497 e. The number of carbonyl (C=O) groups excluding carboxylic acids is 1. The number of nitrogens with zero attached hydrogens (tertiary/aromatic N) is 2. The summed E-state index contributed by atoms with van der Waals surface area (Å²) in [5.74, 6) is 0.520. The number of amides is 1. The first-order chi connectivity index (χ1) is 19.2. The first kappa shape index (κ1) is 28.1. The van der Waals surface area contributed by atoms with Crippen molar-refractivity contribution in [2.75, 3.05) is 39.0 Å². The minimum atomic E-state index is -3.57. The molecule has 0 aliphatic carbocycles. The third-order valence-corrected chi connectivity index (χ3v) is 10.1. The molecule has 2 saturated heterocycles. The van der Waals surface area contributed by atoms with Crippen molar-refractivity contribution >= 4 is 21.4 Å². The first-order valence-electron chi connectivity index (χ1n) is 13.8. The fourth-order valence-corrected chi connectivity index (χ4v) is 7.13. The molecule has 5 rings (SSSR count). The largest absolute Gasteiger partial charge is 0.497 e. The topological polar surface area (TPSA) is 92.9 Å². The second-order valence-corrected chi connectivity index (χ2v) is 12.7. The molecule has 2 aliphatic rings. The summed E-state index contributed by atoms with van der Waals surface area (Å²) in [5.41, 5.74) is 7.62. The maximum absolute atomic E-state index is 13.6. The van der Waals surface area contributed by atoms with Crippen LogP contribution in [0.1, 0.15) is 41.6 Å². The van der Waals surface area contributed by atoms with Crippen LogP contribution in [0.4, 0.5) is 10.1 Å². The van der Waals surface area contributed by atoms with E-state index in [4.69, 9.17) is 10.5 Å². The fraction of sp³-hybridized carbons (Fsp3) is 0.387. The van der Waals surface area contributed by atoms with E-state index in [0.29, 0.717) is 41.4 Å². The predicted molar refractivity (Wildman–Crippen MR) is 153 cm³/mol. The maximum atomic E-state index is 13.6. The monoisotopic (exact) mass is 565 g/mol. The number of nitrogen functional groups attached to an aromatic ring is 1. The van der Waals surface area contributed by atoms with Crippen LogP contribution < -0.4 is 10.5 Å². The summed E-state index contributed by atoms with van der Waals surface area (Å²) in [4.78, 5) is 17.7. The highest BCUT2D eigenvalue weighted by Crippen LogP contribution is 2.29. The average molecular weight is 566 g/mol. The molecular weight excluding hydrogens is 529 g/mol. The minimum absolute atomic E-state index is 0.197. The van der Waals surface area contributed by atoms with Crippen molar-refractivity contribution in [1.29, 1.82) is 0 Å². The number of sulfone groups is 1. The van der Waals surface area contributed by atoms with Gasteiger partial charge >= 0.3 is 0 Å². The number of benzene rings is 3. The summed E-state index contributed by atoms with van der Waals surface area (Å²) in [6.45, 7) is 3.32. The van der Waals surface area contributed by atoms with Crippen LogP contribution in [0.25, 0.3) is 0 Å². The smallest absolute Gasteiger partial charge is 0.256 e. The SMILES string of the molecule is COc1ccc(S(=O)(=O)c2ccc(CC3CCN(C4CCN(C(=O)c5cc(F)ccc5N)CC4)CC3)cc2)cc1. The molecule has 40 heavy (non-hydrogen) atoms. The number of methoxy groups -OCH3 is 1. The van der Waals surface area contributed by atoms with Crippen molar-refractivity contribution in [2.45, 2.75) is 47.9 Å². The quantitative estimate of drug-likeness (QED) is 0.414. The molecule has 0 radical (unpaired) electrons. The zero-order valence-electron chi connectivity index (χ0n) is 22.8. The van der Waals surface area contributed by atoms with Crippen LogP contribution in [0.2, 0.25) is 0 Å². The zero-order valence-corrected chi connectivity index (χ0v) is 23.6. The Kier molecular flexibility index (Phi) is 8.42. The van der Waals surface area contributed by atoms with Crippen LogP contribution in [0.15, 0.2) is 76.5 Å². The molecule has 3 aromatic carbocycles. The molecule has 9 heteroatoms. The van der Waals surface area contributed by atoms with Crippen molar-refractivity contribution in [3.8, 4) is 5.75 Å². The summed E-state index contributed by atoms with van der Waals surface area (Å²) in [5, 5.41) is 0. The van der Waals surface area contributed by atoms with Gasteiger partial charge in [-0.1, -0.05) is 12.1 Å². The molecule has 2 aliphatic heterocycles. The van der Waals surface area contributed by atoms with Crippen molar-refractivity contribution < 1.29 is 22.3 Å². The fourth-order valence-electron chi connectivity index (χ4n) is 5.87. The molecule has 0 spiro atoms. The Labute approximate surface area is 235 Å². The number of ether oxygens (including phenoxy) is 1. The number of nitrogens with two attached hydrogens (primary N) is 1. The van der Waals surface area contributed by atoms with Crippen LogP contribution in [0, 0.1) is 11.7 Å². The standard InChI is InChI=1S/C31H36FN3O4S/c1-39-26-5-9-28(10-6-26)40(37,38)27-7-2-22(3-8-27)20-23-12-16-34(17-13-23)25-14-18-35(19-15-25)31(36)29-21-24(32)4-11-30(29)33/h2-11,21,23,25H,12-20,33H2,1H3. The van der Waals surface area contributed by atoms with Crippen LogP contribution in [0.3, 0.4) is 0 Å². The van der Waals surface area contributed by atoms with E-state index in [-0.39, 0.29) is 16.4 Å². The Bertz CT molecular complexity index is 1430. The van der Waals surface area contributed by atoms with E-state index in [1.807, 2.05) is 12.1 Å². The molecule has 0 unspecified atom stereocenters. The molecule has 2 heterocycles. The number of halogens is 1. The van der Waals surface area contributed by atoms with Crippen LogP contribution in [-0.2, 0) is 16.3 Å². The van der Waals surface area contributed by atoms with Gasteiger partial charge in [0.2, 0.25) is 9.84 Å². The Morgan fingerprint density at radius 1 is 0.900 bits per heavy atom. The van der Waals surface area contributed by atoms with Gasteiger partial charge in [-0.15, -0.1) is 0 Å². The molecule has 0 aromatic heterocycles. The second kappa shape index (κ2) is 12.0. The molecule has 7 nitrogen and oxygen atoms in total. The molecule has 3 aromatic rings. The third kappa shape index (κ3) is 6.15. The molecule has 2 fully saturated rings. The van der Waals surface area contributed by atoms with E-state index in [1.54, 1.807) is 48.4 Å². The van der Waals surface area contributed by atoms with E-state index in [0.717, 1.165) is 50.8 Å². The number of likely N-dealkylation sites (tertiary alicyclic amines) is 2. The number of rotatable bonds is 7. The van der Waals surface area contributed by atoms with Gasteiger partial charge in [-0.25, -0.2) is 12.8 Å². The number of hydrogen-bond acceptors (Lipinski definition) is 6. The van der Waals surface area contributed by atoms with Crippen molar-refractivity contribution in [3.63, 3.8) is 0 Å². The predicted octanol–water partition coefficient (Wildman–Crippen LogP) is 4.81. The number of hydrogen-bond donors (Lipinski definition) is 1. The second-order valence-electron chi connectivity index (χ2n) is 10.8. The number of anilines is 1. The average Bonchev–Trinajstić information content (AvgIpc) is 2.99. The van der Waals surface area contributed by atoms with Gasteiger partial charge < -0.3 is 20.3 Å². The van der Waals surface area contributed by atoms with Crippen molar-refractivity contribution in [2.24, 2.45) is 5.92 Å². The van der Waals surface area contributed by atoms with Gasteiger partial charge in [0.1, 0.15) is 11.6 Å². The van der Waals surface area contributed by atoms with E-state index in [9.17, 15) is 17.6 Å². The van der Waals surface area contributed by atoms with Gasteiger partial charge in [0.25, 0.3) is 5.91 Å². The lowest BCUT2D eigenvalue weighted by Gasteiger charge is -2.42. The van der Waals surface area contributed by atoms with Gasteiger partial charge in [-0.3, -0.25) is 4.79 Å². The highest BCUT2D eigenvalue weighted by atomic mass is 32.2. The highest BCUT2D eigenvalue weighted by molar-refractivity contribution is 7.91. The van der Waals surface area contributed by atoms with Crippen molar-refractivity contribution in [3.05, 3.63) is 83.7 Å². The molecule has 2 N–H and O–H groups in total. The zero-order chi connectivity index (χ0) is 28.3. The first-order valence-corrected chi connectivity index (χ1v) is 15.3. The van der Waals surface area contributed by atoms with Gasteiger partial charge in [0.05, 0.1) is 22.5 Å². The summed E-state index contributed by atoms with van der Waals surface area (Å²) in [6, 6.07) is 18.1. The lowest BCUT2D eigenvalue weighted by Crippen LogP contribution is -2.49. The summed E-state index contributed by atoms with van der Waals surface area (Å²) in [6.07, 6.45) is 4.90. The number of piperidine rings is 2. The lowest BCUT2D eigenvalue weighted by atomic mass is 9.88. The van der Waals surface area contributed by atoms with Gasteiger partial charge in [-0.05, 0) is 111 Å². The van der Waals surface area contributed by atoms with E-state index in [1.165, 1.54) is 18.2 Å². The molecule has 0 atom stereocenters. The summed E-state index contributed by atoms with van der Waals surface area (Å²) >= 11 is 0. The highest BCUT2D eigenvalue weighted by Gasteiger charge is 2.30.